The van der Waals surface area contributed by atoms with E-state index in [0.29, 0.717) is 5.56 Å². The predicted octanol–water partition coefficient (Wildman–Crippen LogP) is 7.70. The third kappa shape index (κ3) is 5.35. The largest absolute Gasteiger partial charge is 0.504 e. The fourth-order valence-corrected chi connectivity index (χ4v) is 4.53. The van der Waals surface area contributed by atoms with Gasteiger partial charge in [0.05, 0.1) is 0 Å². The maximum atomic E-state index is 11.0. The van der Waals surface area contributed by atoms with Gasteiger partial charge in [-0.3, -0.25) is 0 Å². The summed E-state index contributed by atoms with van der Waals surface area (Å²) in [6.07, 6.45) is 0. The zero-order valence-corrected chi connectivity index (χ0v) is 22.1. The lowest BCUT2D eigenvalue weighted by atomic mass is 9.75. The van der Waals surface area contributed by atoms with Crippen molar-refractivity contribution in [3.63, 3.8) is 0 Å². The maximum Gasteiger partial charge on any atom is 0.391 e. The Balaban J connectivity index is 2.44. The Morgan fingerprint density at radius 3 is 1.82 bits per heavy atom. The summed E-state index contributed by atoms with van der Waals surface area (Å²) in [5, 5.41) is 13.3. The molecule has 0 aliphatic heterocycles. The van der Waals surface area contributed by atoms with Gasteiger partial charge in [-0.25, -0.2) is 0 Å². The predicted molar refractivity (Wildman–Crippen MR) is 139 cm³/mol. The Bertz CT molecular complexity index is 1180. The minimum atomic E-state index is -2.63. The van der Waals surface area contributed by atoms with Crippen LogP contribution in [0.2, 0.25) is 0 Å². The highest BCUT2D eigenvalue weighted by atomic mass is 31.2. The summed E-state index contributed by atoms with van der Waals surface area (Å²) in [5.41, 5.74) is 4.93. The molecule has 3 N–H and O–H groups in total. The number of para-hydroxylation sites is 1. The van der Waals surface area contributed by atoms with Crippen LogP contribution in [0.5, 0.6) is 11.5 Å². The molecular formula is C28H37O4P. The highest BCUT2D eigenvalue weighted by molar-refractivity contribution is 7.39. The van der Waals surface area contributed by atoms with E-state index >= 15 is 0 Å². The molecule has 0 atom stereocenters. The first-order chi connectivity index (χ1) is 15.0. The normalized spacial score (nSPS) is 13.1. The summed E-state index contributed by atoms with van der Waals surface area (Å²) in [7, 11) is -2.63. The second kappa shape index (κ2) is 8.58. The third-order valence-corrected chi connectivity index (χ3v) is 6.40. The van der Waals surface area contributed by atoms with Crippen LogP contribution in [-0.2, 0) is 16.2 Å². The summed E-state index contributed by atoms with van der Waals surface area (Å²) in [4.78, 5) is 18.6. The van der Waals surface area contributed by atoms with E-state index in [4.69, 9.17) is 4.52 Å². The van der Waals surface area contributed by atoms with Crippen molar-refractivity contribution in [2.75, 3.05) is 0 Å². The van der Waals surface area contributed by atoms with E-state index in [1.807, 2.05) is 6.07 Å². The highest BCUT2D eigenvalue weighted by Gasteiger charge is 2.27. The Kier molecular flexibility index (Phi) is 6.63. The van der Waals surface area contributed by atoms with Crippen LogP contribution in [0, 0.1) is 0 Å². The van der Waals surface area contributed by atoms with Crippen molar-refractivity contribution in [1.29, 1.82) is 0 Å². The Morgan fingerprint density at radius 2 is 1.30 bits per heavy atom. The van der Waals surface area contributed by atoms with Crippen LogP contribution in [0.3, 0.4) is 0 Å². The van der Waals surface area contributed by atoms with Gasteiger partial charge in [0.2, 0.25) is 0 Å². The SMILES string of the molecule is CC(C)(C)c1cc(C(C)(C)C)c2cc(-c3cccc(OP(O)O)c3O)c(C(C)(C)C)cc2c1. The molecule has 0 aromatic heterocycles. The molecule has 178 valence electrons. The summed E-state index contributed by atoms with van der Waals surface area (Å²) in [6, 6.07) is 14.1. The molecule has 0 fully saturated rings. The van der Waals surface area contributed by atoms with Crippen molar-refractivity contribution in [3.05, 3.63) is 59.2 Å². The van der Waals surface area contributed by atoms with E-state index in [1.165, 1.54) is 22.6 Å². The molecule has 3 aromatic rings. The van der Waals surface area contributed by atoms with Gasteiger partial charge in [-0.05, 0) is 67.5 Å². The van der Waals surface area contributed by atoms with Crippen molar-refractivity contribution in [1.82, 2.24) is 0 Å². The van der Waals surface area contributed by atoms with E-state index in [9.17, 15) is 14.9 Å². The number of fused-ring (bicyclic) bond motifs is 1. The average molecular weight is 469 g/mol. The van der Waals surface area contributed by atoms with Gasteiger partial charge in [-0.15, -0.1) is 0 Å². The van der Waals surface area contributed by atoms with E-state index in [2.05, 4.69) is 86.6 Å². The minimum Gasteiger partial charge on any atom is -0.504 e. The van der Waals surface area contributed by atoms with Crippen LogP contribution in [0.1, 0.15) is 79.0 Å². The molecule has 33 heavy (non-hydrogen) atoms. The number of phenols is 1. The van der Waals surface area contributed by atoms with Gasteiger partial charge < -0.3 is 19.4 Å². The summed E-state index contributed by atoms with van der Waals surface area (Å²) in [5.74, 6) is -0.0377. The molecule has 0 heterocycles. The molecule has 3 rings (SSSR count). The molecule has 0 radical (unpaired) electrons. The first-order valence-corrected chi connectivity index (χ1v) is 12.5. The lowest BCUT2D eigenvalue weighted by Crippen LogP contribution is -2.18. The second-order valence-electron chi connectivity index (χ2n) is 11.9. The van der Waals surface area contributed by atoms with E-state index < -0.39 is 8.60 Å². The van der Waals surface area contributed by atoms with Gasteiger partial charge in [0, 0.05) is 5.56 Å². The van der Waals surface area contributed by atoms with Crippen LogP contribution >= 0.6 is 8.60 Å². The van der Waals surface area contributed by atoms with Crippen molar-refractivity contribution in [3.8, 4) is 22.6 Å². The lowest BCUT2D eigenvalue weighted by molar-refractivity contribution is 0.361. The number of benzene rings is 3. The first kappa shape index (κ1) is 25.5. The van der Waals surface area contributed by atoms with E-state index in [-0.39, 0.29) is 27.7 Å². The number of hydrogen-bond acceptors (Lipinski definition) is 4. The van der Waals surface area contributed by atoms with Gasteiger partial charge in [0.1, 0.15) is 0 Å². The topological polar surface area (TPSA) is 69.9 Å². The number of rotatable bonds is 3. The van der Waals surface area contributed by atoms with Gasteiger partial charge in [-0.2, -0.15) is 0 Å². The number of aromatic hydroxyl groups is 1. The lowest BCUT2D eigenvalue weighted by Gasteiger charge is -2.30. The van der Waals surface area contributed by atoms with E-state index in [0.717, 1.165) is 16.5 Å². The molecular weight excluding hydrogens is 431 g/mol. The first-order valence-electron chi connectivity index (χ1n) is 11.3. The second-order valence-corrected chi connectivity index (χ2v) is 12.6. The van der Waals surface area contributed by atoms with Gasteiger partial charge in [0.25, 0.3) is 0 Å². The van der Waals surface area contributed by atoms with E-state index in [1.54, 1.807) is 6.07 Å². The van der Waals surface area contributed by atoms with Crippen LogP contribution in [0.4, 0.5) is 0 Å². The number of phenolic OH excluding ortho intramolecular Hbond substituents is 1. The highest BCUT2D eigenvalue weighted by Crippen LogP contribution is 2.46. The molecule has 0 saturated heterocycles. The zero-order chi connectivity index (χ0) is 24.9. The minimum absolute atomic E-state index is 0.0195. The van der Waals surface area contributed by atoms with Crippen LogP contribution in [0.15, 0.2) is 42.5 Å². The molecule has 3 aromatic carbocycles. The molecule has 5 heteroatoms. The molecule has 0 aliphatic carbocycles. The van der Waals surface area contributed by atoms with Gasteiger partial charge in [0.15, 0.2) is 11.5 Å². The van der Waals surface area contributed by atoms with Crippen molar-refractivity contribution >= 4 is 19.4 Å². The third-order valence-electron chi connectivity index (χ3n) is 6.04. The maximum absolute atomic E-state index is 11.0. The standard InChI is InChI=1S/C28H37O4P/c1-26(2,3)18-13-17-14-22(27(4,5)6)21(16-20(17)23(15-18)28(7,8)9)19-11-10-12-24(25(19)29)32-33(30)31/h10-16,29-31H,1-9H3. The average Bonchev–Trinajstić information content (AvgIpc) is 2.65. The molecule has 0 bridgehead atoms. The van der Waals surface area contributed by atoms with Crippen molar-refractivity contribution in [2.45, 2.75) is 78.6 Å². The van der Waals surface area contributed by atoms with Gasteiger partial charge >= 0.3 is 8.60 Å². The molecule has 0 aliphatic rings. The Morgan fingerprint density at radius 1 is 0.697 bits per heavy atom. The monoisotopic (exact) mass is 468 g/mol. The molecule has 0 saturated carbocycles. The molecule has 4 nitrogen and oxygen atoms in total. The molecule has 0 amide bonds. The number of hydrogen-bond donors (Lipinski definition) is 3. The summed E-state index contributed by atoms with van der Waals surface area (Å²) < 4.78 is 5.08. The van der Waals surface area contributed by atoms with Crippen LogP contribution in [-0.4, -0.2) is 14.9 Å². The molecule has 0 unspecified atom stereocenters. The van der Waals surface area contributed by atoms with Crippen molar-refractivity contribution in [2.24, 2.45) is 0 Å². The van der Waals surface area contributed by atoms with Crippen LogP contribution in [0.25, 0.3) is 21.9 Å². The smallest absolute Gasteiger partial charge is 0.391 e. The fraction of sp³-hybridized carbons (Fsp3) is 0.429. The molecule has 0 spiro atoms. The Labute approximate surface area is 199 Å². The summed E-state index contributed by atoms with van der Waals surface area (Å²) >= 11 is 0. The quantitative estimate of drug-likeness (QED) is 0.345. The zero-order valence-electron chi connectivity index (χ0n) is 21.2. The Hall–Kier alpha value is -2.13. The summed E-state index contributed by atoms with van der Waals surface area (Å²) in [6.45, 7) is 19.9. The van der Waals surface area contributed by atoms with Gasteiger partial charge in [-0.1, -0.05) is 86.6 Å². The fourth-order valence-electron chi connectivity index (χ4n) is 4.21. The van der Waals surface area contributed by atoms with Crippen LogP contribution < -0.4 is 4.52 Å². The van der Waals surface area contributed by atoms with Crippen molar-refractivity contribution < 1.29 is 19.4 Å².